The van der Waals surface area contributed by atoms with Crippen molar-refractivity contribution in [2.75, 3.05) is 7.05 Å². The molecule has 3 rings (SSSR count). The summed E-state index contributed by atoms with van der Waals surface area (Å²) in [5.41, 5.74) is 0.765. The maximum absolute atomic E-state index is 12.8. The zero-order chi connectivity index (χ0) is 18.9. The first-order valence-electron chi connectivity index (χ1n) is 10.8. The summed E-state index contributed by atoms with van der Waals surface area (Å²) in [7, 11) is 1.71. The van der Waals surface area contributed by atoms with Crippen molar-refractivity contribution in [3.8, 4) is 0 Å². The lowest BCUT2D eigenvalue weighted by atomic mass is 9.66. The van der Waals surface area contributed by atoms with Gasteiger partial charge in [0.15, 0.2) is 0 Å². The predicted octanol–water partition coefficient (Wildman–Crippen LogP) is 4.04. The normalized spacial score (nSPS) is 37.2. The molecule has 0 aromatic rings. The van der Waals surface area contributed by atoms with Gasteiger partial charge in [0.1, 0.15) is 0 Å². The van der Waals surface area contributed by atoms with Crippen LogP contribution in [0, 0.1) is 28.6 Å². The van der Waals surface area contributed by atoms with Crippen molar-refractivity contribution in [1.82, 2.24) is 10.6 Å². The molecule has 0 radical (unpaired) electrons. The van der Waals surface area contributed by atoms with Gasteiger partial charge in [0.05, 0.1) is 0 Å². The molecule has 0 bridgehead atoms. The zero-order valence-electron chi connectivity index (χ0n) is 17.2. The number of carbonyl (C=O) groups is 2. The summed E-state index contributed by atoms with van der Waals surface area (Å²) in [6.07, 6.45) is 11.1. The highest BCUT2D eigenvalue weighted by molar-refractivity contribution is 5.83. The summed E-state index contributed by atoms with van der Waals surface area (Å²) in [6, 6.07) is 0.274. The standard InChI is InChI=1S/C22H38N2O2/c1-5-21(2,3)16-10-12-22(13-11-16)14-18(22)20(26)24-17-8-6-15(7-9-17)19(25)23-4/h15-18H,5-14H2,1-4H3,(H,23,25)(H,24,26). The van der Waals surface area contributed by atoms with E-state index in [-0.39, 0.29) is 23.8 Å². The highest BCUT2D eigenvalue weighted by Crippen LogP contribution is 2.63. The Morgan fingerprint density at radius 2 is 1.62 bits per heavy atom. The van der Waals surface area contributed by atoms with Gasteiger partial charge in [-0.05, 0) is 74.5 Å². The second-order valence-corrected chi connectivity index (χ2v) is 9.91. The molecule has 1 spiro atoms. The molecule has 148 valence electrons. The van der Waals surface area contributed by atoms with Gasteiger partial charge in [-0.15, -0.1) is 0 Å². The van der Waals surface area contributed by atoms with Gasteiger partial charge in [0.25, 0.3) is 0 Å². The molecule has 2 N–H and O–H groups in total. The van der Waals surface area contributed by atoms with E-state index in [0.29, 0.717) is 16.7 Å². The van der Waals surface area contributed by atoms with Crippen LogP contribution in [0.1, 0.15) is 85.0 Å². The van der Waals surface area contributed by atoms with Crippen LogP contribution in [0.15, 0.2) is 0 Å². The summed E-state index contributed by atoms with van der Waals surface area (Å²) >= 11 is 0. The van der Waals surface area contributed by atoms with Crippen LogP contribution in [0.3, 0.4) is 0 Å². The van der Waals surface area contributed by atoms with Crippen LogP contribution in [0.4, 0.5) is 0 Å². The molecule has 1 unspecified atom stereocenters. The molecule has 26 heavy (non-hydrogen) atoms. The van der Waals surface area contributed by atoms with E-state index in [1.165, 1.54) is 32.1 Å². The second kappa shape index (κ2) is 7.52. The molecule has 3 aliphatic carbocycles. The molecule has 4 nitrogen and oxygen atoms in total. The molecule has 3 aliphatic rings. The molecule has 1 atom stereocenters. The van der Waals surface area contributed by atoms with Crippen molar-refractivity contribution in [3.05, 3.63) is 0 Å². The fraction of sp³-hybridized carbons (Fsp3) is 0.909. The molecule has 0 aromatic heterocycles. The minimum Gasteiger partial charge on any atom is -0.359 e. The van der Waals surface area contributed by atoms with Crippen molar-refractivity contribution < 1.29 is 9.59 Å². The first-order valence-corrected chi connectivity index (χ1v) is 10.8. The van der Waals surface area contributed by atoms with Crippen molar-refractivity contribution in [1.29, 1.82) is 0 Å². The number of carbonyl (C=O) groups excluding carboxylic acids is 2. The zero-order valence-corrected chi connectivity index (χ0v) is 17.2. The average molecular weight is 363 g/mol. The van der Waals surface area contributed by atoms with Crippen LogP contribution in [-0.4, -0.2) is 24.9 Å². The molecule has 0 aliphatic heterocycles. The Morgan fingerprint density at radius 3 is 2.15 bits per heavy atom. The smallest absolute Gasteiger partial charge is 0.223 e. The quantitative estimate of drug-likeness (QED) is 0.775. The third kappa shape index (κ3) is 3.94. The molecular formula is C22H38N2O2. The predicted molar refractivity (Wildman–Crippen MR) is 105 cm³/mol. The van der Waals surface area contributed by atoms with Gasteiger partial charge in [-0.3, -0.25) is 9.59 Å². The molecular weight excluding hydrogens is 324 g/mol. The Labute approximate surface area is 159 Å². The van der Waals surface area contributed by atoms with E-state index in [1.54, 1.807) is 7.05 Å². The maximum atomic E-state index is 12.8. The topological polar surface area (TPSA) is 58.2 Å². The first-order chi connectivity index (χ1) is 12.3. The van der Waals surface area contributed by atoms with Gasteiger partial charge in [0, 0.05) is 24.9 Å². The van der Waals surface area contributed by atoms with Crippen LogP contribution >= 0.6 is 0 Å². The fourth-order valence-electron chi connectivity index (χ4n) is 5.54. The van der Waals surface area contributed by atoms with E-state index in [0.717, 1.165) is 38.0 Å². The van der Waals surface area contributed by atoms with Crippen LogP contribution in [-0.2, 0) is 9.59 Å². The lowest BCUT2D eigenvalue weighted by Crippen LogP contribution is -2.41. The highest BCUT2D eigenvalue weighted by atomic mass is 16.2. The van der Waals surface area contributed by atoms with E-state index < -0.39 is 0 Å². The first kappa shape index (κ1) is 19.7. The van der Waals surface area contributed by atoms with E-state index in [4.69, 9.17) is 0 Å². The van der Waals surface area contributed by atoms with Gasteiger partial charge in [0.2, 0.25) is 11.8 Å². The van der Waals surface area contributed by atoms with Crippen molar-refractivity contribution >= 4 is 11.8 Å². The monoisotopic (exact) mass is 362 g/mol. The third-order valence-electron chi connectivity index (χ3n) is 8.19. The van der Waals surface area contributed by atoms with Crippen molar-refractivity contribution in [2.24, 2.45) is 28.6 Å². The van der Waals surface area contributed by atoms with Crippen LogP contribution in [0.2, 0.25) is 0 Å². The Balaban J connectivity index is 1.43. The van der Waals surface area contributed by atoms with Crippen LogP contribution < -0.4 is 10.6 Å². The molecule has 0 saturated heterocycles. The van der Waals surface area contributed by atoms with E-state index in [2.05, 4.69) is 31.4 Å². The summed E-state index contributed by atoms with van der Waals surface area (Å²) < 4.78 is 0. The Kier molecular flexibility index (Phi) is 5.69. The molecule has 4 heteroatoms. The van der Waals surface area contributed by atoms with Crippen LogP contribution in [0.25, 0.3) is 0 Å². The fourth-order valence-corrected chi connectivity index (χ4v) is 5.54. The average Bonchev–Trinajstić information content (AvgIpc) is 3.35. The SMILES string of the molecule is CCC(C)(C)C1CCC2(CC1)CC2C(=O)NC1CCC(C(=O)NC)CC1. The summed E-state index contributed by atoms with van der Waals surface area (Å²) in [5.74, 6) is 1.66. The third-order valence-corrected chi connectivity index (χ3v) is 8.19. The van der Waals surface area contributed by atoms with Gasteiger partial charge in [-0.25, -0.2) is 0 Å². The molecule has 2 amide bonds. The van der Waals surface area contributed by atoms with Crippen molar-refractivity contribution in [2.45, 2.75) is 91.0 Å². The Bertz CT molecular complexity index is 526. The Morgan fingerprint density at radius 1 is 1.00 bits per heavy atom. The van der Waals surface area contributed by atoms with Gasteiger partial charge in [-0.2, -0.15) is 0 Å². The van der Waals surface area contributed by atoms with Crippen LogP contribution in [0.5, 0.6) is 0 Å². The van der Waals surface area contributed by atoms with Gasteiger partial charge in [-0.1, -0.05) is 27.2 Å². The van der Waals surface area contributed by atoms with Crippen molar-refractivity contribution in [3.63, 3.8) is 0 Å². The molecule has 3 fully saturated rings. The number of hydrogen-bond donors (Lipinski definition) is 2. The second-order valence-electron chi connectivity index (χ2n) is 9.91. The molecule has 0 aromatic carbocycles. The number of nitrogens with one attached hydrogen (secondary N) is 2. The largest absolute Gasteiger partial charge is 0.359 e. The maximum Gasteiger partial charge on any atom is 0.223 e. The number of hydrogen-bond acceptors (Lipinski definition) is 2. The minimum absolute atomic E-state index is 0.137. The molecule has 0 heterocycles. The highest BCUT2D eigenvalue weighted by Gasteiger charge is 2.59. The summed E-state index contributed by atoms with van der Waals surface area (Å²) in [6.45, 7) is 7.11. The van der Waals surface area contributed by atoms with E-state index in [1.807, 2.05) is 0 Å². The van der Waals surface area contributed by atoms with Gasteiger partial charge >= 0.3 is 0 Å². The summed E-state index contributed by atoms with van der Waals surface area (Å²) in [5, 5.41) is 6.06. The lowest BCUT2D eigenvalue weighted by molar-refractivity contribution is -0.126. The lowest BCUT2D eigenvalue weighted by Gasteiger charge is -2.39. The number of amides is 2. The van der Waals surface area contributed by atoms with E-state index in [9.17, 15) is 9.59 Å². The Hall–Kier alpha value is -1.06. The summed E-state index contributed by atoms with van der Waals surface area (Å²) in [4.78, 5) is 24.5. The minimum atomic E-state index is 0.137. The van der Waals surface area contributed by atoms with Gasteiger partial charge < -0.3 is 10.6 Å². The van der Waals surface area contributed by atoms with E-state index >= 15 is 0 Å². The number of rotatable bonds is 5. The molecule has 3 saturated carbocycles.